The van der Waals surface area contributed by atoms with Crippen molar-refractivity contribution < 1.29 is 19.1 Å². The van der Waals surface area contributed by atoms with Gasteiger partial charge in [0.2, 0.25) is 5.91 Å². The summed E-state index contributed by atoms with van der Waals surface area (Å²) < 4.78 is 10.5. The Bertz CT molecular complexity index is 993. The molecule has 1 N–H and O–H groups in total. The average molecular weight is 572 g/mol. The van der Waals surface area contributed by atoms with E-state index in [0.29, 0.717) is 43.5 Å². The van der Waals surface area contributed by atoms with E-state index in [1.165, 1.54) is 0 Å². The third kappa shape index (κ3) is 8.90. The third-order valence-corrected chi connectivity index (χ3v) is 7.89. The van der Waals surface area contributed by atoms with Crippen LogP contribution in [0.2, 0.25) is 10.3 Å². The number of piperidine rings is 1. The first-order valence-electron chi connectivity index (χ1n) is 12.5. The van der Waals surface area contributed by atoms with Crippen molar-refractivity contribution in [3.05, 3.63) is 49.9 Å². The molecule has 37 heavy (non-hydrogen) atoms. The Labute approximate surface area is 233 Å². The highest BCUT2D eigenvalue weighted by Crippen LogP contribution is 2.23. The van der Waals surface area contributed by atoms with Crippen LogP contribution in [0.4, 0.5) is 0 Å². The molecule has 3 heterocycles. The number of carbonyl (C=O) groups is 2. The van der Waals surface area contributed by atoms with Gasteiger partial charge in [-0.2, -0.15) is 11.3 Å². The van der Waals surface area contributed by atoms with Crippen LogP contribution in [-0.4, -0.2) is 85.2 Å². The van der Waals surface area contributed by atoms with Crippen LogP contribution in [0.3, 0.4) is 0 Å². The predicted molar refractivity (Wildman–Crippen MR) is 148 cm³/mol. The number of likely N-dealkylation sites (tertiary alicyclic amines) is 1. The Hall–Kier alpha value is -1.75. The highest BCUT2D eigenvalue weighted by molar-refractivity contribution is 7.07. The Kier molecular flexibility index (Phi) is 12.1. The molecule has 1 aliphatic heterocycles. The van der Waals surface area contributed by atoms with Crippen LogP contribution >= 0.6 is 34.5 Å². The van der Waals surface area contributed by atoms with Gasteiger partial charge in [0, 0.05) is 45.4 Å². The fraction of sp³-hybridized carbons (Fsp3) is 0.577. The highest BCUT2D eigenvalue weighted by Gasteiger charge is 2.30. The number of aromatic nitrogens is 1. The number of nitrogens with one attached hydrogen (secondary N) is 1. The number of rotatable bonds is 13. The van der Waals surface area contributed by atoms with Gasteiger partial charge in [-0.3, -0.25) is 9.59 Å². The van der Waals surface area contributed by atoms with Gasteiger partial charge < -0.3 is 24.6 Å². The summed E-state index contributed by atoms with van der Waals surface area (Å²) in [7, 11) is 1.62. The molecular weight excluding hydrogens is 535 g/mol. The molecule has 1 aliphatic rings. The fourth-order valence-corrected chi connectivity index (χ4v) is 5.83. The van der Waals surface area contributed by atoms with E-state index in [4.69, 9.17) is 32.7 Å². The molecule has 1 saturated heterocycles. The van der Waals surface area contributed by atoms with Crippen LogP contribution in [0.25, 0.3) is 0 Å². The van der Waals surface area contributed by atoms with Gasteiger partial charge in [-0.1, -0.05) is 23.2 Å². The molecule has 2 amide bonds. The summed E-state index contributed by atoms with van der Waals surface area (Å²) in [5, 5.41) is 7.47. The van der Waals surface area contributed by atoms with Gasteiger partial charge in [-0.25, -0.2) is 4.98 Å². The van der Waals surface area contributed by atoms with E-state index in [0.717, 1.165) is 37.9 Å². The molecule has 1 fully saturated rings. The quantitative estimate of drug-likeness (QED) is 0.283. The van der Waals surface area contributed by atoms with E-state index in [1.54, 1.807) is 31.4 Å². The summed E-state index contributed by atoms with van der Waals surface area (Å²) in [4.78, 5) is 34.0. The zero-order valence-corrected chi connectivity index (χ0v) is 24.0. The first-order chi connectivity index (χ1) is 17.8. The smallest absolute Gasteiger partial charge is 0.254 e. The number of hydrogen-bond acceptors (Lipinski definition) is 7. The van der Waals surface area contributed by atoms with Gasteiger partial charge in [-0.05, 0) is 67.1 Å². The summed E-state index contributed by atoms with van der Waals surface area (Å²) in [6, 6.07) is 4.16. The van der Waals surface area contributed by atoms with Gasteiger partial charge in [0.15, 0.2) is 0 Å². The molecule has 0 aliphatic carbocycles. The van der Waals surface area contributed by atoms with Crippen LogP contribution in [-0.2, 0) is 20.8 Å². The molecule has 0 bridgehead atoms. The molecule has 8 nitrogen and oxygen atoms in total. The number of carbonyl (C=O) groups excluding carboxylic acids is 2. The van der Waals surface area contributed by atoms with Crippen molar-refractivity contribution in [3.8, 4) is 0 Å². The Morgan fingerprint density at radius 2 is 2.05 bits per heavy atom. The summed E-state index contributed by atoms with van der Waals surface area (Å²) >= 11 is 13.7. The van der Waals surface area contributed by atoms with Gasteiger partial charge in [-0.15, -0.1) is 0 Å². The topological polar surface area (TPSA) is 84.0 Å². The van der Waals surface area contributed by atoms with Crippen LogP contribution in [0.1, 0.15) is 47.7 Å². The second-order valence-electron chi connectivity index (χ2n) is 9.29. The summed E-state index contributed by atoms with van der Waals surface area (Å²) in [5.41, 5.74) is 2.21. The number of nitrogens with zero attached hydrogens (tertiary/aromatic N) is 3. The number of hydrogen-bond donors (Lipinski definition) is 1. The molecule has 0 saturated carbocycles. The maximum Gasteiger partial charge on any atom is 0.254 e. The van der Waals surface area contributed by atoms with Crippen molar-refractivity contribution in [2.45, 2.75) is 51.7 Å². The van der Waals surface area contributed by atoms with Crippen molar-refractivity contribution in [1.29, 1.82) is 0 Å². The minimum absolute atomic E-state index is 0.0159. The van der Waals surface area contributed by atoms with Gasteiger partial charge in [0.1, 0.15) is 16.9 Å². The average Bonchev–Trinajstić information content (AvgIpc) is 3.38. The standard InChI is InChI=1S/C26H36Cl2N4O4S/c1-18-14-22(27)30-25(28)24(18)26(34)29-8-4-19(2)31-9-5-21(6-10-31)32(15-20-7-13-37-17-20)23(33)16-36-12-11-35-3/h7,13-14,17,19,21H,4-6,8-12,15-16H2,1-3H3,(H,29,34). The molecule has 2 aromatic heterocycles. The van der Waals surface area contributed by atoms with E-state index in [1.807, 2.05) is 10.3 Å². The number of amides is 2. The van der Waals surface area contributed by atoms with E-state index in [2.05, 4.69) is 33.6 Å². The maximum absolute atomic E-state index is 13.0. The van der Waals surface area contributed by atoms with Crippen LogP contribution < -0.4 is 5.32 Å². The Balaban J connectivity index is 1.48. The number of thiophene rings is 1. The number of ether oxygens (including phenoxy) is 2. The number of aryl methyl sites for hydroxylation is 1. The highest BCUT2D eigenvalue weighted by atomic mass is 35.5. The molecular formula is C26H36Cl2N4O4S. The number of methoxy groups -OCH3 is 1. The zero-order chi connectivity index (χ0) is 26.8. The lowest BCUT2D eigenvalue weighted by Gasteiger charge is -2.40. The lowest BCUT2D eigenvalue weighted by atomic mass is 10.00. The number of halogens is 2. The second-order valence-corrected chi connectivity index (χ2v) is 10.8. The molecule has 1 unspecified atom stereocenters. The summed E-state index contributed by atoms with van der Waals surface area (Å²) in [6.07, 6.45) is 2.60. The normalized spacial score (nSPS) is 15.5. The van der Waals surface area contributed by atoms with Crippen LogP contribution in [0.5, 0.6) is 0 Å². The minimum atomic E-state index is -0.243. The largest absolute Gasteiger partial charge is 0.382 e. The predicted octanol–water partition coefficient (Wildman–Crippen LogP) is 4.42. The molecule has 1 atom stereocenters. The molecule has 204 valence electrons. The van der Waals surface area contributed by atoms with Crippen molar-refractivity contribution in [3.63, 3.8) is 0 Å². The molecule has 2 aromatic rings. The lowest BCUT2D eigenvalue weighted by Crippen LogP contribution is -2.50. The monoisotopic (exact) mass is 570 g/mol. The first-order valence-corrected chi connectivity index (χ1v) is 14.2. The maximum atomic E-state index is 13.0. The van der Waals surface area contributed by atoms with Crippen molar-refractivity contribution in [2.75, 3.05) is 46.6 Å². The SMILES string of the molecule is COCCOCC(=O)N(Cc1ccsc1)C1CCN(C(C)CCNC(=O)c2c(C)cc(Cl)nc2Cl)CC1. The Morgan fingerprint density at radius 3 is 2.70 bits per heavy atom. The van der Waals surface area contributed by atoms with Crippen molar-refractivity contribution in [2.24, 2.45) is 0 Å². The lowest BCUT2D eigenvalue weighted by molar-refractivity contribution is -0.140. The Morgan fingerprint density at radius 1 is 1.30 bits per heavy atom. The van der Waals surface area contributed by atoms with Crippen molar-refractivity contribution >= 4 is 46.4 Å². The molecule has 0 aromatic carbocycles. The van der Waals surface area contributed by atoms with E-state index >= 15 is 0 Å². The summed E-state index contributed by atoms with van der Waals surface area (Å²) in [5.74, 6) is -0.227. The first kappa shape index (κ1) is 29.8. The molecule has 0 radical (unpaired) electrons. The van der Waals surface area contributed by atoms with E-state index in [9.17, 15) is 9.59 Å². The third-order valence-electron chi connectivity index (χ3n) is 6.69. The molecule has 3 rings (SSSR count). The summed E-state index contributed by atoms with van der Waals surface area (Å²) in [6.45, 7) is 7.82. The minimum Gasteiger partial charge on any atom is -0.382 e. The zero-order valence-electron chi connectivity index (χ0n) is 21.7. The second kappa shape index (κ2) is 15.0. The van der Waals surface area contributed by atoms with Crippen LogP contribution in [0, 0.1) is 6.92 Å². The van der Waals surface area contributed by atoms with Gasteiger partial charge in [0.25, 0.3) is 5.91 Å². The van der Waals surface area contributed by atoms with E-state index < -0.39 is 0 Å². The fourth-order valence-electron chi connectivity index (χ4n) is 4.56. The molecule has 0 spiro atoms. The van der Waals surface area contributed by atoms with E-state index in [-0.39, 0.29) is 34.8 Å². The van der Waals surface area contributed by atoms with Gasteiger partial charge >= 0.3 is 0 Å². The molecule has 11 heteroatoms. The van der Waals surface area contributed by atoms with Crippen LogP contribution in [0.15, 0.2) is 22.9 Å². The van der Waals surface area contributed by atoms with Crippen molar-refractivity contribution in [1.82, 2.24) is 20.1 Å². The van der Waals surface area contributed by atoms with Gasteiger partial charge in [0.05, 0.1) is 18.8 Å². The number of pyridine rings is 1.